The minimum Gasteiger partial charge on any atom is -0.248 e. The molecule has 1 aliphatic rings. The quantitative estimate of drug-likeness (QED) is 0.648. The lowest BCUT2D eigenvalue weighted by molar-refractivity contribution is 0.664. The summed E-state index contributed by atoms with van der Waals surface area (Å²) in [5.41, 5.74) is 4.39. The zero-order valence-corrected chi connectivity index (χ0v) is 13.9. The SMILES string of the molecule is CCn1ncc2c(-c3ccnc(Cl)c3)cc(C3CCCC3)nc21. The summed E-state index contributed by atoms with van der Waals surface area (Å²) in [6, 6.07) is 6.14. The number of nitrogens with zero attached hydrogens (tertiary/aromatic N) is 4. The Morgan fingerprint density at radius 3 is 2.83 bits per heavy atom. The Labute approximate surface area is 140 Å². The summed E-state index contributed by atoms with van der Waals surface area (Å²) < 4.78 is 1.97. The van der Waals surface area contributed by atoms with Gasteiger partial charge in [0.25, 0.3) is 0 Å². The van der Waals surface area contributed by atoms with Crippen molar-refractivity contribution in [2.45, 2.75) is 45.1 Å². The van der Waals surface area contributed by atoms with Crippen molar-refractivity contribution in [3.8, 4) is 11.1 Å². The maximum Gasteiger partial charge on any atom is 0.158 e. The van der Waals surface area contributed by atoms with Gasteiger partial charge in [-0.05, 0) is 49.1 Å². The second kappa shape index (κ2) is 5.93. The van der Waals surface area contributed by atoms with Crippen LogP contribution in [-0.4, -0.2) is 19.7 Å². The van der Waals surface area contributed by atoms with E-state index in [9.17, 15) is 0 Å². The molecule has 0 N–H and O–H groups in total. The third-order valence-corrected chi connectivity index (χ3v) is 4.95. The fraction of sp³-hybridized carbons (Fsp3) is 0.389. The van der Waals surface area contributed by atoms with Gasteiger partial charge in [-0.25, -0.2) is 14.6 Å². The molecule has 0 radical (unpaired) electrons. The fourth-order valence-corrected chi connectivity index (χ4v) is 3.71. The summed E-state index contributed by atoms with van der Waals surface area (Å²) in [6.07, 6.45) is 8.73. The number of hydrogen-bond donors (Lipinski definition) is 0. The molecule has 4 nitrogen and oxygen atoms in total. The molecule has 0 aliphatic heterocycles. The third-order valence-electron chi connectivity index (χ3n) is 4.74. The van der Waals surface area contributed by atoms with E-state index < -0.39 is 0 Å². The minimum absolute atomic E-state index is 0.512. The first-order chi connectivity index (χ1) is 11.3. The van der Waals surface area contributed by atoms with Gasteiger partial charge in [-0.3, -0.25) is 0 Å². The number of rotatable bonds is 3. The summed E-state index contributed by atoms with van der Waals surface area (Å²) in [5, 5.41) is 6.09. The highest BCUT2D eigenvalue weighted by Gasteiger charge is 2.21. The van der Waals surface area contributed by atoms with Crippen LogP contribution in [-0.2, 0) is 6.54 Å². The first kappa shape index (κ1) is 14.6. The van der Waals surface area contributed by atoms with E-state index in [0.717, 1.165) is 28.7 Å². The molecule has 3 aromatic heterocycles. The monoisotopic (exact) mass is 326 g/mol. The van der Waals surface area contributed by atoms with Gasteiger partial charge >= 0.3 is 0 Å². The van der Waals surface area contributed by atoms with E-state index in [0.29, 0.717) is 11.1 Å². The number of aromatic nitrogens is 4. The largest absolute Gasteiger partial charge is 0.248 e. The smallest absolute Gasteiger partial charge is 0.158 e. The van der Waals surface area contributed by atoms with Crippen molar-refractivity contribution < 1.29 is 0 Å². The highest BCUT2D eigenvalue weighted by atomic mass is 35.5. The lowest BCUT2D eigenvalue weighted by atomic mass is 9.97. The Hall–Kier alpha value is -1.94. The Balaban J connectivity index is 1.95. The van der Waals surface area contributed by atoms with Gasteiger partial charge in [0.2, 0.25) is 0 Å². The van der Waals surface area contributed by atoms with E-state index in [-0.39, 0.29) is 0 Å². The van der Waals surface area contributed by atoms with Gasteiger partial charge in [-0.1, -0.05) is 24.4 Å². The number of aryl methyl sites for hydroxylation is 1. The van der Waals surface area contributed by atoms with Crippen molar-refractivity contribution in [1.82, 2.24) is 19.7 Å². The molecule has 3 aromatic rings. The van der Waals surface area contributed by atoms with E-state index >= 15 is 0 Å². The summed E-state index contributed by atoms with van der Waals surface area (Å²) in [7, 11) is 0. The molecule has 118 valence electrons. The van der Waals surface area contributed by atoms with Crippen LogP contribution in [0, 0.1) is 0 Å². The molecule has 4 rings (SSSR count). The number of halogens is 1. The van der Waals surface area contributed by atoms with Gasteiger partial charge in [0.05, 0.1) is 6.20 Å². The van der Waals surface area contributed by atoms with Crippen molar-refractivity contribution in [2.75, 3.05) is 0 Å². The predicted octanol–water partition coefficient (Wildman–Crippen LogP) is 4.82. The second-order valence-corrected chi connectivity index (χ2v) is 6.53. The van der Waals surface area contributed by atoms with Crippen LogP contribution in [0.25, 0.3) is 22.2 Å². The molecule has 0 atom stereocenters. The molecule has 23 heavy (non-hydrogen) atoms. The highest BCUT2D eigenvalue weighted by molar-refractivity contribution is 6.29. The van der Waals surface area contributed by atoms with Gasteiger partial charge in [0.1, 0.15) is 5.15 Å². The zero-order valence-electron chi connectivity index (χ0n) is 13.2. The number of pyridine rings is 2. The highest BCUT2D eigenvalue weighted by Crippen LogP contribution is 2.37. The molecule has 0 saturated heterocycles. The molecule has 0 amide bonds. The van der Waals surface area contributed by atoms with Gasteiger partial charge in [-0.15, -0.1) is 0 Å². The van der Waals surface area contributed by atoms with Crippen molar-refractivity contribution in [2.24, 2.45) is 0 Å². The summed E-state index contributed by atoms with van der Waals surface area (Å²) in [4.78, 5) is 9.04. The molecular weight excluding hydrogens is 308 g/mol. The van der Waals surface area contributed by atoms with Crippen LogP contribution in [0.1, 0.15) is 44.2 Å². The zero-order chi connectivity index (χ0) is 15.8. The van der Waals surface area contributed by atoms with E-state index in [1.165, 1.54) is 31.4 Å². The van der Waals surface area contributed by atoms with Gasteiger partial charge in [-0.2, -0.15) is 5.10 Å². The lowest BCUT2D eigenvalue weighted by Gasteiger charge is -2.13. The first-order valence-electron chi connectivity index (χ1n) is 8.24. The predicted molar refractivity (Wildman–Crippen MR) is 92.7 cm³/mol. The van der Waals surface area contributed by atoms with E-state index in [1.54, 1.807) is 6.20 Å². The first-order valence-corrected chi connectivity index (χ1v) is 8.62. The lowest BCUT2D eigenvalue weighted by Crippen LogP contribution is -2.02. The average Bonchev–Trinajstić information content (AvgIpc) is 3.23. The van der Waals surface area contributed by atoms with Gasteiger partial charge < -0.3 is 0 Å². The minimum atomic E-state index is 0.512. The standard InChI is InChI=1S/C18H19ClN4/c1-2-23-18-15(11-21-23)14(13-7-8-20-17(19)9-13)10-16(22-18)12-5-3-4-6-12/h7-12H,2-6H2,1H3. The summed E-state index contributed by atoms with van der Waals surface area (Å²) in [6.45, 7) is 2.92. The van der Waals surface area contributed by atoms with Crippen LogP contribution in [0.3, 0.4) is 0 Å². The van der Waals surface area contributed by atoms with Crippen LogP contribution in [0.4, 0.5) is 0 Å². The molecule has 5 heteroatoms. The Morgan fingerprint density at radius 1 is 1.26 bits per heavy atom. The molecule has 0 bridgehead atoms. The summed E-state index contributed by atoms with van der Waals surface area (Å²) in [5.74, 6) is 0.565. The van der Waals surface area contributed by atoms with Crippen LogP contribution in [0.2, 0.25) is 5.15 Å². The topological polar surface area (TPSA) is 43.6 Å². The van der Waals surface area contributed by atoms with Crippen LogP contribution < -0.4 is 0 Å². The van der Waals surface area contributed by atoms with Crippen LogP contribution in [0.5, 0.6) is 0 Å². The molecular formula is C18H19ClN4. The average molecular weight is 327 g/mol. The van der Waals surface area contributed by atoms with Crippen molar-refractivity contribution in [3.63, 3.8) is 0 Å². The Morgan fingerprint density at radius 2 is 2.09 bits per heavy atom. The third kappa shape index (κ3) is 2.61. The molecule has 0 aromatic carbocycles. The molecule has 0 spiro atoms. The van der Waals surface area contributed by atoms with Crippen molar-refractivity contribution >= 4 is 22.6 Å². The Kier molecular flexibility index (Phi) is 3.77. The molecule has 1 aliphatic carbocycles. The normalized spacial score (nSPS) is 15.6. The van der Waals surface area contributed by atoms with Crippen LogP contribution in [0.15, 0.2) is 30.6 Å². The van der Waals surface area contributed by atoms with E-state index in [1.807, 2.05) is 23.0 Å². The van der Waals surface area contributed by atoms with E-state index in [4.69, 9.17) is 16.6 Å². The molecule has 1 fully saturated rings. The summed E-state index contributed by atoms with van der Waals surface area (Å²) >= 11 is 6.10. The molecule has 1 saturated carbocycles. The Bertz CT molecular complexity index is 849. The van der Waals surface area contributed by atoms with Gasteiger partial charge in [0.15, 0.2) is 5.65 Å². The second-order valence-electron chi connectivity index (χ2n) is 6.14. The van der Waals surface area contributed by atoms with Crippen molar-refractivity contribution in [3.05, 3.63) is 41.4 Å². The van der Waals surface area contributed by atoms with E-state index in [2.05, 4.69) is 23.1 Å². The fourth-order valence-electron chi connectivity index (χ4n) is 3.54. The van der Waals surface area contributed by atoms with Crippen LogP contribution >= 0.6 is 11.6 Å². The number of hydrogen-bond acceptors (Lipinski definition) is 3. The van der Waals surface area contributed by atoms with Crippen molar-refractivity contribution in [1.29, 1.82) is 0 Å². The molecule has 0 unspecified atom stereocenters. The maximum atomic E-state index is 6.10. The van der Waals surface area contributed by atoms with Gasteiger partial charge in [0, 0.05) is 29.7 Å². The molecule has 3 heterocycles. The number of fused-ring (bicyclic) bond motifs is 1. The maximum absolute atomic E-state index is 6.10.